The van der Waals surface area contributed by atoms with Gasteiger partial charge >= 0.3 is 0 Å². The van der Waals surface area contributed by atoms with Crippen LogP contribution >= 0.6 is 0 Å². The van der Waals surface area contributed by atoms with Crippen LogP contribution < -0.4 is 10.1 Å². The van der Waals surface area contributed by atoms with Gasteiger partial charge in [-0.05, 0) is 44.0 Å². The van der Waals surface area contributed by atoms with Crippen molar-refractivity contribution < 1.29 is 4.74 Å². The molecule has 2 heteroatoms. The van der Waals surface area contributed by atoms with Gasteiger partial charge in [0.2, 0.25) is 0 Å². The predicted octanol–water partition coefficient (Wildman–Crippen LogP) is 2.04. The van der Waals surface area contributed by atoms with Gasteiger partial charge in [0.25, 0.3) is 0 Å². The van der Waals surface area contributed by atoms with E-state index in [2.05, 4.69) is 37.4 Å². The normalized spacial score (nSPS) is 21.1. The Labute approximate surface area is 85.3 Å². The van der Waals surface area contributed by atoms with Gasteiger partial charge in [-0.3, -0.25) is 0 Å². The molecule has 1 aliphatic heterocycles. The van der Waals surface area contributed by atoms with E-state index < -0.39 is 0 Å². The minimum Gasteiger partial charge on any atom is -0.489 e. The molecule has 0 aromatic heterocycles. The maximum atomic E-state index is 5.92. The number of benzene rings is 1. The van der Waals surface area contributed by atoms with E-state index in [0.717, 1.165) is 25.3 Å². The zero-order chi connectivity index (χ0) is 9.97. The minimum atomic E-state index is 0.357. The van der Waals surface area contributed by atoms with Crippen LogP contribution in [0.2, 0.25) is 0 Å². The van der Waals surface area contributed by atoms with Crippen LogP contribution in [0.25, 0.3) is 0 Å². The van der Waals surface area contributed by atoms with E-state index in [1.165, 1.54) is 11.1 Å². The number of ether oxygens (including phenoxy) is 1. The molecule has 2 nitrogen and oxygen atoms in total. The lowest BCUT2D eigenvalue weighted by Crippen LogP contribution is -2.20. The van der Waals surface area contributed by atoms with Crippen LogP contribution in [-0.4, -0.2) is 19.2 Å². The smallest absolute Gasteiger partial charge is 0.122 e. The van der Waals surface area contributed by atoms with Gasteiger partial charge in [0.1, 0.15) is 11.9 Å². The van der Waals surface area contributed by atoms with E-state index >= 15 is 0 Å². The molecular weight excluding hydrogens is 174 g/mol. The van der Waals surface area contributed by atoms with Gasteiger partial charge in [-0.15, -0.1) is 0 Å². The molecule has 0 radical (unpaired) electrons. The molecule has 1 unspecified atom stereocenters. The Hall–Kier alpha value is -1.02. The highest BCUT2D eigenvalue weighted by molar-refractivity contribution is 5.38. The average molecular weight is 191 g/mol. The van der Waals surface area contributed by atoms with Crippen molar-refractivity contribution >= 4 is 0 Å². The van der Waals surface area contributed by atoms with Gasteiger partial charge in [0.15, 0.2) is 0 Å². The molecule has 0 saturated carbocycles. The number of rotatable bonds is 2. The Bertz CT molecular complexity index is 316. The fourth-order valence-electron chi connectivity index (χ4n) is 1.76. The topological polar surface area (TPSA) is 21.3 Å². The van der Waals surface area contributed by atoms with Crippen molar-refractivity contribution in [3.63, 3.8) is 0 Å². The van der Waals surface area contributed by atoms with Crippen molar-refractivity contribution in [2.75, 3.05) is 13.1 Å². The summed E-state index contributed by atoms with van der Waals surface area (Å²) in [6.45, 7) is 6.30. The molecule has 2 rings (SSSR count). The second-order valence-electron chi connectivity index (χ2n) is 3.93. The Kier molecular flexibility index (Phi) is 2.73. The Balaban J connectivity index is 2.11. The van der Waals surface area contributed by atoms with E-state index in [4.69, 9.17) is 4.74 Å². The highest BCUT2D eigenvalue weighted by Crippen LogP contribution is 2.22. The second-order valence-corrected chi connectivity index (χ2v) is 3.93. The van der Waals surface area contributed by atoms with Crippen molar-refractivity contribution in [1.29, 1.82) is 0 Å². The third-order valence-electron chi connectivity index (χ3n) is 2.86. The van der Waals surface area contributed by atoms with Gasteiger partial charge in [-0.25, -0.2) is 0 Å². The van der Waals surface area contributed by atoms with E-state index in [1.54, 1.807) is 0 Å². The molecule has 0 aliphatic carbocycles. The van der Waals surface area contributed by atoms with Gasteiger partial charge in [-0.2, -0.15) is 0 Å². The third kappa shape index (κ3) is 1.90. The summed E-state index contributed by atoms with van der Waals surface area (Å²) in [6.07, 6.45) is 1.48. The van der Waals surface area contributed by atoms with E-state index in [-0.39, 0.29) is 0 Å². The maximum absolute atomic E-state index is 5.92. The SMILES string of the molecule is Cc1cccc(OC2CCNC2)c1C. The van der Waals surface area contributed by atoms with Gasteiger partial charge < -0.3 is 10.1 Å². The summed E-state index contributed by atoms with van der Waals surface area (Å²) >= 11 is 0. The monoisotopic (exact) mass is 191 g/mol. The first-order valence-corrected chi connectivity index (χ1v) is 5.21. The Morgan fingerprint density at radius 2 is 2.21 bits per heavy atom. The molecule has 14 heavy (non-hydrogen) atoms. The number of aryl methyl sites for hydroxylation is 1. The van der Waals surface area contributed by atoms with Crippen LogP contribution in [0, 0.1) is 13.8 Å². The standard InChI is InChI=1S/C12H17NO/c1-9-4-3-5-12(10(9)2)14-11-6-7-13-8-11/h3-5,11,13H,6-8H2,1-2H3. The first kappa shape index (κ1) is 9.53. The molecule has 1 atom stereocenters. The highest BCUT2D eigenvalue weighted by atomic mass is 16.5. The summed E-state index contributed by atoms with van der Waals surface area (Å²) in [5, 5.41) is 3.30. The fraction of sp³-hybridized carbons (Fsp3) is 0.500. The minimum absolute atomic E-state index is 0.357. The molecule has 1 aliphatic rings. The van der Waals surface area contributed by atoms with Crippen LogP contribution in [0.3, 0.4) is 0 Å². The predicted molar refractivity (Wildman–Crippen MR) is 57.8 cm³/mol. The van der Waals surface area contributed by atoms with Gasteiger partial charge in [0.05, 0.1) is 0 Å². The molecule has 1 saturated heterocycles. The lowest BCUT2D eigenvalue weighted by Gasteiger charge is -2.15. The Morgan fingerprint density at radius 1 is 1.36 bits per heavy atom. The lowest BCUT2D eigenvalue weighted by atomic mass is 10.1. The number of nitrogens with one attached hydrogen (secondary N) is 1. The molecule has 1 fully saturated rings. The lowest BCUT2D eigenvalue weighted by molar-refractivity contribution is 0.221. The summed E-state index contributed by atoms with van der Waals surface area (Å²) < 4.78 is 5.92. The number of hydrogen-bond acceptors (Lipinski definition) is 2. The summed E-state index contributed by atoms with van der Waals surface area (Å²) in [4.78, 5) is 0. The summed E-state index contributed by atoms with van der Waals surface area (Å²) in [5.74, 6) is 1.04. The molecule has 0 bridgehead atoms. The van der Waals surface area contributed by atoms with Crippen LogP contribution in [0.1, 0.15) is 17.5 Å². The van der Waals surface area contributed by atoms with E-state index in [9.17, 15) is 0 Å². The van der Waals surface area contributed by atoms with Gasteiger partial charge in [-0.1, -0.05) is 12.1 Å². The molecule has 1 heterocycles. The number of hydrogen-bond donors (Lipinski definition) is 1. The summed E-state index contributed by atoms with van der Waals surface area (Å²) in [5.41, 5.74) is 2.56. The van der Waals surface area contributed by atoms with Crippen LogP contribution in [0.15, 0.2) is 18.2 Å². The summed E-state index contributed by atoms with van der Waals surface area (Å²) in [6, 6.07) is 6.23. The molecule has 0 amide bonds. The van der Waals surface area contributed by atoms with E-state index in [1.807, 2.05) is 0 Å². The Morgan fingerprint density at radius 3 is 2.93 bits per heavy atom. The molecule has 1 aromatic rings. The van der Waals surface area contributed by atoms with Crippen molar-refractivity contribution in [2.45, 2.75) is 26.4 Å². The zero-order valence-corrected chi connectivity index (χ0v) is 8.84. The molecule has 76 valence electrons. The first-order chi connectivity index (χ1) is 6.77. The van der Waals surface area contributed by atoms with Crippen LogP contribution in [-0.2, 0) is 0 Å². The fourth-order valence-corrected chi connectivity index (χ4v) is 1.76. The summed E-state index contributed by atoms with van der Waals surface area (Å²) in [7, 11) is 0. The first-order valence-electron chi connectivity index (χ1n) is 5.21. The van der Waals surface area contributed by atoms with Crippen molar-refractivity contribution in [1.82, 2.24) is 5.32 Å². The van der Waals surface area contributed by atoms with E-state index in [0.29, 0.717) is 6.10 Å². The molecular formula is C12H17NO. The van der Waals surface area contributed by atoms with Crippen molar-refractivity contribution in [3.8, 4) is 5.75 Å². The van der Waals surface area contributed by atoms with Crippen molar-refractivity contribution in [2.24, 2.45) is 0 Å². The van der Waals surface area contributed by atoms with Gasteiger partial charge in [0, 0.05) is 6.54 Å². The molecule has 1 aromatic carbocycles. The molecule has 0 spiro atoms. The van der Waals surface area contributed by atoms with Crippen molar-refractivity contribution in [3.05, 3.63) is 29.3 Å². The van der Waals surface area contributed by atoms with Crippen LogP contribution in [0.4, 0.5) is 0 Å². The second kappa shape index (κ2) is 4.01. The quantitative estimate of drug-likeness (QED) is 0.772. The average Bonchev–Trinajstić information content (AvgIpc) is 2.66. The maximum Gasteiger partial charge on any atom is 0.122 e. The highest BCUT2D eigenvalue weighted by Gasteiger charge is 2.16. The van der Waals surface area contributed by atoms with Crippen LogP contribution in [0.5, 0.6) is 5.75 Å². The zero-order valence-electron chi connectivity index (χ0n) is 8.84. The third-order valence-corrected chi connectivity index (χ3v) is 2.86. The molecule has 1 N–H and O–H groups in total. The largest absolute Gasteiger partial charge is 0.489 e.